The molecule has 0 fully saturated rings. The number of phenols is 3. The number of aliphatic hydroxyl groups is 1. The number of rotatable bonds is 13. The Morgan fingerprint density at radius 3 is 1.98 bits per heavy atom. The number of benzene rings is 4. The van der Waals surface area contributed by atoms with E-state index in [-0.39, 0.29) is 52.7 Å². The van der Waals surface area contributed by atoms with Crippen molar-refractivity contribution in [3.63, 3.8) is 0 Å². The van der Waals surface area contributed by atoms with E-state index in [4.69, 9.17) is 4.74 Å². The van der Waals surface area contributed by atoms with Gasteiger partial charge in [-0.3, -0.25) is 4.72 Å². The topological polar surface area (TPSA) is 148 Å². The van der Waals surface area contributed by atoms with E-state index in [1.165, 1.54) is 30.3 Å². The van der Waals surface area contributed by atoms with Crippen LogP contribution in [-0.2, 0) is 10.0 Å². The highest BCUT2D eigenvalue weighted by atomic mass is 32.2. The van der Waals surface area contributed by atoms with Gasteiger partial charge in [-0.2, -0.15) is 0 Å². The highest BCUT2D eigenvalue weighted by molar-refractivity contribution is 7.92. The van der Waals surface area contributed by atoms with Crippen LogP contribution in [0, 0.1) is 0 Å². The second kappa shape index (κ2) is 13.2. The molecular formula is C30H32N2O7S. The Kier molecular flexibility index (Phi) is 9.49. The Bertz CT molecular complexity index is 1430. The number of nitrogens with one attached hydrogen (secondary N) is 2. The lowest BCUT2D eigenvalue weighted by molar-refractivity contribution is 0.106. The summed E-state index contributed by atoms with van der Waals surface area (Å²) >= 11 is 0. The number of aromatic hydroxyl groups is 3. The first-order chi connectivity index (χ1) is 19.2. The van der Waals surface area contributed by atoms with Gasteiger partial charge in [-0.15, -0.1) is 0 Å². The van der Waals surface area contributed by atoms with E-state index < -0.39 is 16.1 Å². The van der Waals surface area contributed by atoms with Crippen molar-refractivity contribution in [1.82, 2.24) is 5.32 Å². The largest absolute Gasteiger partial charge is 0.508 e. The summed E-state index contributed by atoms with van der Waals surface area (Å²) in [5.74, 6) is 0.401. The molecular weight excluding hydrogens is 532 g/mol. The molecule has 0 aliphatic rings. The number of hydrogen-bond acceptors (Lipinski definition) is 8. The minimum atomic E-state index is -3.90. The molecule has 0 saturated heterocycles. The Balaban J connectivity index is 1.29. The maximum atomic E-state index is 12.6. The number of anilines is 1. The van der Waals surface area contributed by atoms with Crippen LogP contribution in [0.2, 0.25) is 0 Å². The predicted octanol–water partition coefficient (Wildman–Crippen LogP) is 4.16. The van der Waals surface area contributed by atoms with Crippen LogP contribution < -0.4 is 14.8 Å². The van der Waals surface area contributed by atoms with Crippen LogP contribution in [0.1, 0.15) is 23.5 Å². The summed E-state index contributed by atoms with van der Waals surface area (Å²) in [6.45, 7) is 0.777. The zero-order valence-corrected chi connectivity index (χ0v) is 22.5. The number of ether oxygens (including phenoxy) is 1. The quantitative estimate of drug-likeness (QED) is 0.105. The summed E-state index contributed by atoms with van der Waals surface area (Å²) in [5, 5.41) is 43.1. The summed E-state index contributed by atoms with van der Waals surface area (Å²) in [7, 11) is -3.90. The van der Waals surface area contributed by atoms with Gasteiger partial charge in [0.2, 0.25) is 0 Å². The second-order valence-electron chi connectivity index (χ2n) is 9.29. The molecule has 10 heteroatoms. The van der Waals surface area contributed by atoms with Crippen molar-refractivity contribution in [2.24, 2.45) is 0 Å². The van der Waals surface area contributed by atoms with E-state index in [0.29, 0.717) is 13.0 Å². The number of sulfonamides is 1. The molecule has 210 valence electrons. The lowest BCUT2D eigenvalue weighted by Gasteiger charge is -2.20. The fourth-order valence-electron chi connectivity index (χ4n) is 4.20. The molecule has 4 aromatic rings. The van der Waals surface area contributed by atoms with Gasteiger partial charge in [-0.05, 0) is 72.6 Å². The molecule has 0 aliphatic heterocycles. The first kappa shape index (κ1) is 28.8. The molecule has 0 aromatic heterocycles. The fourth-order valence-corrected chi connectivity index (χ4v) is 5.28. The van der Waals surface area contributed by atoms with E-state index in [9.17, 15) is 28.8 Å². The molecule has 40 heavy (non-hydrogen) atoms. The van der Waals surface area contributed by atoms with Gasteiger partial charge in [-0.1, -0.05) is 42.5 Å². The van der Waals surface area contributed by atoms with Crippen molar-refractivity contribution in [2.75, 3.05) is 24.4 Å². The fraction of sp³-hybridized carbons (Fsp3) is 0.200. The Hall–Kier alpha value is -4.25. The van der Waals surface area contributed by atoms with Crippen LogP contribution in [0.4, 0.5) is 5.69 Å². The lowest BCUT2D eigenvalue weighted by Crippen LogP contribution is -2.32. The molecule has 9 nitrogen and oxygen atoms in total. The zero-order chi connectivity index (χ0) is 28.5. The first-order valence-corrected chi connectivity index (χ1v) is 14.2. The molecule has 0 spiro atoms. The highest BCUT2D eigenvalue weighted by Crippen LogP contribution is 2.31. The molecule has 0 bridgehead atoms. The van der Waals surface area contributed by atoms with Crippen molar-refractivity contribution >= 4 is 15.7 Å². The normalized spacial score (nSPS) is 12.2. The van der Waals surface area contributed by atoms with Crippen LogP contribution in [0.3, 0.4) is 0 Å². The van der Waals surface area contributed by atoms with Gasteiger partial charge in [0.05, 0.1) is 10.6 Å². The van der Waals surface area contributed by atoms with Crippen molar-refractivity contribution in [3.8, 4) is 23.0 Å². The summed E-state index contributed by atoms with van der Waals surface area (Å²) < 4.78 is 33.2. The van der Waals surface area contributed by atoms with Gasteiger partial charge in [0.15, 0.2) is 0 Å². The van der Waals surface area contributed by atoms with Gasteiger partial charge in [-0.25, -0.2) is 8.42 Å². The molecule has 0 amide bonds. The lowest BCUT2D eigenvalue weighted by atomic mass is 9.88. The molecule has 0 aliphatic carbocycles. The van der Waals surface area contributed by atoms with Crippen molar-refractivity contribution in [3.05, 3.63) is 108 Å². The number of hydrogen-bond donors (Lipinski definition) is 6. The van der Waals surface area contributed by atoms with Gasteiger partial charge < -0.3 is 30.5 Å². The van der Waals surface area contributed by atoms with Gasteiger partial charge in [0.25, 0.3) is 10.0 Å². The average molecular weight is 565 g/mol. The van der Waals surface area contributed by atoms with Crippen LogP contribution in [0.15, 0.2) is 102 Å². The Morgan fingerprint density at radius 2 is 1.38 bits per heavy atom. The van der Waals surface area contributed by atoms with Crippen LogP contribution in [0.5, 0.6) is 23.0 Å². The van der Waals surface area contributed by atoms with Crippen molar-refractivity contribution in [1.29, 1.82) is 0 Å². The highest BCUT2D eigenvalue weighted by Gasteiger charge is 2.17. The van der Waals surface area contributed by atoms with Crippen LogP contribution in [0.25, 0.3) is 0 Å². The molecule has 0 heterocycles. The van der Waals surface area contributed by atoms with E-state index >= 15 is 0 Å². The van der Waals surface area contributed by atoms with E-state index in [1.807, 2.05) is 24.3 Å². The van der Waals surface area contributed by atoms with Crippen molar-refractivity contribution < 1.29 is 33.6 Å². The summed E-state index contributed by atoms with van der Waals surface area (Å²) in [6, 6.07) is 26.0. The third-order valence-electron chi connectivity index (χ3n) is 6.29. The molecule has 4 aromatic carbocycles. The molecule has 0 saturated carbocycles. The smallest absolute Gasteiger partial charge is 0.262 e. The summed E-state index contributed by atoms with van der Waals surface area (Å²) in [6.07, 6.45) is -0.148. The zero-order valence-electron chi connectivity index (χ0n) is 21.6. The third kappa shape index (κ3) is 7.89. The van der Waals surface area contributed by atoms with Crippen molar-refractivity contribution in [2.45, 2.75) is 23.3 Å². The number of aliphatic hydroxyl groups excluding tert-OH is 1. The standard InChI is InChI=1S/C30H32N2O7S/c33-23-10-6-21(7-11-23)28(22-8-12-24(34)13-9-22)16-17-31-19-25(35)20-39-26-14-15-30(36)29(18-26)32-40(37,38)27-4-2-1-3-5-27/h1-15,18,25,28,31-36H,16-17,19-20H2/t25-/m0/s1. The van der Waals surface area contributed by atoms with E-state index in [2.05, 4.69) is 10.0 Å². The summed E-state index contributed by atoms with van der Waals surface area (Å²) in [5.41, 5.74) is 1.99. The molecule has 6 N–H and O–H groups in total. The number of phenolic OH excluding ortho intramolecular Hbond substituents is 3. The Labute approximate surface area is 233 Å². The van der Waals surface area contributed by atoms with Gasteiger partial charge in [0, 0.05) is 18.5 Å². The SMILES string of the molecule is O=S(=O)(Nc1cc(OC[C@@H](O)CNCCC(c2ccc(O)cc2)c2ccc(O)cc2)ccc1O)c1ccccc1. The Morgan fingerprint density at radius 1 is 0.775 bits per heavy atom. The molecule has 4 rings (SSSR count). The van der Waals surface area contributed by atoms with Crippen LogP contribution in [-0.4, -0.2) is 54.6 Å². The molecule has 1 atom stereocenters. The summed E-state index contributed by atoms with van der Waals surface area (Å²) in [4.78, 5) is 0.0558. The van der Waals surface area contributed by atoms with Crippen LogP contribution >= 0.6 is 0 Å². The molecule has 0 radical (unpaired) electrons. The van der Waals surface area contributed by atoms with E-state index in [0.717, 1.165) is 11.1 Å². The third-order valence-corrected chi connectivity index (χ3v) is 7.67. The maximum Gasteiger partial charge on any atom is 0.262 e. The monoisotopic (exact) mass is 564 g/mol. The van der Waals surface area contributed by atoms with E-state index in [1.54, 1.807) is 42.5 Å². The van der Waals surface area contributed by atoms with Gasteiger partial charge >= 0.3 is 0 Å². The minimum absolute atomic E-state index is 0.0113. The minimum Gasteiger partial charge on any atom is -0.508 e. The van der Waals surface area contributed by atoms with Gasteiger partial charge in [0.1, 0.15) is 35.7 Å². The molecule has 0 unspecified atom stereocenters. The second-order valence-corrected chi connectivity index (χ2v) is 11.0. The predicted molar refractivity (Wildman–Crippen MR) is 152 cm³/mol. The maximum absolute atomic E-state index is 12.6. The first-order valence-electron chi connectivity index (χ1n) is 12.7. The average Bonchev–Trinajstić information content (AvgIpc) is 2.95.